The highest BCUT2D eigenvalue weighted by Crippen LogP contribution is 2.14. The molecule has 0 unspecified atom stereocenters. The Bertz CT molecular complexity index is 374. The lowest BCUT2D eigenvalue weighted by molar-refractivity contribution is -0.132. The van der Waals surface area contributed by atoms with E-state index in [1.807, 2.05) is 0 Å². The second kappa shape index (κ2) is 5.50. The van der Waals surface area contributed by atoms with Gasteiger partial charge in [-0.3, -0.25) is 0 Å². The number of oxime groups is 1. The summed E-state index contributed by atoms with van der Waals surface area (Å²) in [5, 5.41) is 7.59. The Morgan fingerprint density at radius 1 is 1.67 bits per heavy atom. The van der Waals surface area contributed by atoms with Gasteiger partial charge in [-0.15, -0.1) is 0 Å². The molecule has 0 saturated carbocycles. The maximum atomic E-state index is 11.3. The predicted molar refractivity (Wildman–Crippen MR) is 54.7 cm³/mol. The quantitative estimate of drug-likeness (QED) is 0.356. The Labute approximate surface area is 94.3 Å². The molecule has 0 aliphatic rings. The summed E-state index contributed by atoms with van der Waals surface area (Å²) in [6, 6.07) is 0. The molecule has 0 N–H and O–H groups in total. The second-order valence-corrected chi connectivity index (χ2v) is 2.99. The van der Waals surface area contributed by atoms with Crippen molar-refractivity contribution in [3.63, 3.8) is 0 Å². The summed E-state index contributed by atoms with van der Waals surface area (Å²) in [5.41, 5.74) is 0.642. The first-order chi connectivity index (χ1) is 7.24. The van der Waals surface area contributed by atoms with Gasteiger partial charge in [0.15, 0.2) is 5.76 Å². The van der Waals surface area contributed by atoms with Crippen LogP contribution < -0.4 is 0 Å². The first-order valence-corrected chi connectivity index (χ1v) is 5.06. The first-order valence-electron chi connectivity index (χ1n) is 3.94. The largest absolute Gasteiger partial charge is 0.464 e. The molecule has 82 valence electrons. The van der Waals surface area contributed by atoms with E-state index in [0.717, 1.165) is 0 Å². The molecule has 1 aromatic heterocycles. The third-order valence-electron chi connectivity index (χ3n) is 1.56. The van der Waals surface area contributed by atoms with Crippen LogP contribution in [0.25, 0.3) is 0 Å². The third kappa shape index (κ3) is 2.56. The topological polar surface area (TPSA) is 73.9 Å². The zero-order valence-corrected chi connectivity index (χ0v) is 9.78. The molecule has 0 fully saturated rings. The number of nitrogens with zero attached hydrogens (tertiary/aromatic N) is 2. The van der Waals surface area contributed by atoms with E-state index in [4.69, 9.17) is 4.52 Å². The number of hydrogen-bond acceptors (Lipinski definition) is 6. The summed E-state index contributed by atoms with van der Waals surface area (Å²) < 4.78 is 9.44. The monoisotopic (exact) mass is 276 g/mol. The van der Waals surface area contributed by atoms with Crippen molar-refractivity contribution < 1.29 is 18.9 Å². The first kappa shape index (κ1) is 11.7. The van der Waals surface area contributed by atoms with Crippen LogP contribution in [0.1, 0.15) is 11.3 Å². The fourth-order valence-electron chi connectivity index (χ4n) is 0.910. The van der Waals surface area contributed by atoms with Gasteiger partial charge >= 0.3 is 5.97 Å². The van der Waals surface area contributed by atoms with Crippen LogP contribution >= 0.6 is 15.9 Å². The van der Waals surface area contributed by atoms with E-state index in [0.29, 0.717) is 10.9 Å². The average Bonchev–Trinajstić information content (AvgIpc) is 2.72. The summed E-state index contributed by atoms with van der Waals surface area (Å²) >= 11 is 3.23. The smallest absolute Gasteiger partial charge is 0.364 e. The summed E-state index contributed by atoms with van der Waals surface area (Å²) in [4.78, 5) is 15.9. The highest BCUT2D eigenvalue weighted by molar-refractivity contribution is 9.08. The van der Waals surface area contributed by atoms with E-state index in [2.05, 4.69) is 35.8 Å². The number of hydrogen-bond donors (Lipinski definition) is 0. The van der Waals surface area contributed by atoms with Crippen LogP contribution in [0.3, 0.4) is 0 Å². The van der Waals surface area contributed by atoms with Gasteiger partial charge in [0.1, 0.15) is 7.11 Å². The Kier molecular flexibility index (Phi) is 4.29. The third-order valence-corrected chi connectivity index (χ3v) is 2.17. The zero-order valence-electron chi connectivity index (χ0n) is 8.19. The normalized spacial score (nSPS) is 11.3. The molecule has 0 atom stereocenters. The molecule has 0 spiro atoms. The Balaban J connectivity index is 3.10. The molecule has 0 amide bonds. The van der Waals surface area contributed by atoms with Gasteiger partial charge in [0.25, 0.3) is 0 Å². The standard InChI is InChI=1S/C8H9BrN2O4/c1-13-8(12)6(11-14-2)7-5(3-9)4-10-15-7/h4H,3H2,1-2H3. The number of aromatic nitrogens is 1. The van der Waals surface area contributed by atoms with Crippen LogP contribution in [0, 0.1) is 0 Å². The van der Waals surface area contributed by atoms with Crippen LogP contribution in [0.2, 0.25) is 0 Å². The number of alkyl halides is 1. The zero-order chi connectivity index (χ0) is 11.3. The van der Waals surface area contributed by atoms with Gasteiger partial charge in [-0.25, -0.2) is 4.79 Å². The van der Waals surface area contributed by atoms with Crippen molar-refractivity contribution in [2.45, 2.75) is 5.33 Å². The van der Waals surface area contributed by atoms with Gasteiger partial charge in [-0.1, -0.05) is 26.2 Å². The highest BCUT2D eigenvalue weighted by Gasteiger charge is 2.23. The molecule has 15 heavy (non-hydrogen) atoms. The molecular weight excluding hydrogens is 268 g/mol. The number of carbonyl (C=O) groups is 1. The van der Waals surface area contributed by atoms with E-state index in [9.17, 15) is 4.79 Å². The number of esters is 1. The van der Waals surface area contributed by atoms with E-state index < -0.39 is 5.97 Å². The minimum Gasteiger partial charge on any atom is -0.464 e. The molecule has 1 heterocycles. The van der Waals surface area contributed by atoms with Crippen molar-refractivity contribution in [1.82, 2.24) is 5.16 Å². The van der Waals surface area contributed by atoms with Crippen molar-refractivity contribution in [2.24, 2.45) is 5.16 Å². The molecule has 0 bridgehead atoms. The number of carbonyl (C=O) groups excluding carboxylic acids is 1. The van der Waals surface area contributed by atoms with Gasteiger partial charge in [-0.05, 0) is 0 Å². The summed E-state index contributed by atoms with van der Waals surface area (Å²) in [6.45, 7) is 0. The SMILES string of the molecule is CON=C(C(=O)OC)c1oncc1CBr. The number of ether oxygens (including phenoxy) is 1. The molecule has 0 aliphatic heterocycles. The van der Waals surface area contributed by atoms with E-state index in [1.165, 1.54) is 20.4 Å². The Morgan fingerprint density at radius 3 is 2.93 bits per heavy atom. The molecule has 0 aromatic carbocycles. The fraction of sp³-hybridized carbons (Fsp3) is 0.375. The van der Waals surface area contributed by atoms with Crippen LogP contribution in [-0.2, 0) is 19.7 Å². The molecule has 0 radical (unpaired) electrons. The van der Waals surface area contributed by atoms with Gasteiger partial charge in [0.05, 0.1) is 13.3 Å². The summed E-state index contributed by atoms with van der Waals surface area (Å²) in [6.07, 6.45) is 1.48. The van der Waals surface area contributed by atoms with Crippen molar-refractivity contribution in [1.29, 1.82) is 0 Å². The molecule has 7 heteroatoms. The molecule has 6 nitrogen and oxygen atoms in total. The molecule has 0 aliphatic carbocycles. The van der Waals surface area contributed by atoms with Crippen LogP contribution in [0.5, 0.6) is 0 Å². The van der Waals surface area contributed by atoms with Crippen molar-refractivity contribution >= 4 is 27.6 Å². The van der Waals surface area contributed by atoms with Gasteiger partial charge in [0, 0.05) is 10.9 Å². The van der Waals surface area contributed by atoms with Gasteiger partial charge in [-0.2, -0.15) is 0 Å². The number of rotatable bonds is 4. The lowest BCUT2D eigenvalue weighted by Gasteiger charge is -2.00. The minimum atomic E-state index is -0.643. The maximum Gasteiger partial charge on any atom is 0.364 e. The second-order valence-electron chi connectivity index (χ2n) is 2.43. The van der Waals surface area contributed by atoms with E-state index >= 15 is 0 Å². The fourth-order valence-corrected chi connectivity index (χ4v) is 1.31. The summed E-state index contributed by atoms with van der Waals surface area (Å²) in [7, 11) is 2.57. The van der Waals surface area contributed by atoms with E-state index in [-0.39, 0.29) is 11.5 Å². The van der Waals surface area contributed by atoms with Crippen molar-refractivity contribution in [3.8, 4) is 0 Å². The van der Waals surface area contributed by atoms with Gasteiger partial charge in [0.2, 0.25) is 5.71 Å². The lowest BCUT2D eigenvalue weighted by atomic mass is 10.2. The van der Waals surface area contributed by atoms with E-state index in [1.54, 1.807) is 0 Å². The summed E-state index contributed by atoms with van der Waals surface area (Å²) in [5.74, 6) is -0.406. The molecule has 1 aromatic rings. The lowest BCUT2D eigenvalue weighted by Crippen LogP contribution is -2.18. The average molecular weight is 277 g/mol. The number of methoxy groups -OCH3 is 1. The highest BCUT2D eigenvalue weighted by atomic mass is 79.9. The molecule has 0 saturated heterocycles. The van der Waals surface area contributed by atoms with Crippen LogP contribution in [-0.4, -0.2) is 31.1 Å². The van der Waals surface area contributed by atoms with Gasteiger partial charge < -0.3 is 14.1 Å². The van der Waals surface area contributed by atoms with Crippen molar-refractivity contribution in [3.05, 3.63) is 17.5 Å². The Morgan fingerprint density at radius 2 is 2.40 bits per heavy atom. The molecule has 1 rings (SSSR count). The van der Waals surface area contributed by atoms with Crippen molar-refractivity contribution in [2.75, 3.05) is 14.2 Å². The Hall–Kier alpha value is -1.37. The van der Waals surface area contributed by atoms with Crippen LogP contribution in [0.4, 0.5) is 0 Å². The predicted octanol–water partition coefficient (Wildman–Crippen LogP) is 1.09. The minimum absolute atomic E-state index is 0.0491. The van der Waals surface area contributed by atoms with Crippen LogP contribution in [0.15, 0.2) is 15.9 Å². The molecular formula is C8H9BrN2O4. The number of halogens is 1. The maximum absolute atomic E-state index is 11.3.